The van der Waals surface area contributed by atoms with E-state index in [1.54, 1.807) is 24.3 Å². The van der Waals surface area contributed by atoms with Crippen molar-refractivity contribution in [2.45, 2.75) is 19.1 Å². The normalized spacial score (nSPS) is 11.1. The quantitative estimate of drug-likeness (QED) is 0.525. The van der Waals surface area contributed by atoms with Crippen LogP contribution in [-0.4, -0.2) is 46.7 Å². The molecule has 0 saturated carbocycles. The molecule has 1 aromatic rings. The first kappa shape index (κ1) is 18.0. The summed E-state index contributed by atoms with van der Waals surface area (Å²) < 4.78 is 4.85. The summed E-state index contributed by atoms with van der Waals surface area (Å²) in [6, 6.07) is 7.30. The number of benzene rings is 1. The minimum atomic E-state index is -1.57. The summed E-state index contributed by atoms with van der Waals surface area (Å²) in [5, 5.41) is 21.4. The topological polar surface area (TPSA) is 142 Å². The van der Waals surface area contributed by atoms with Crippen LogP contribution in [0.3, 0.4) is 0 Å². The minimum Gasteiger partial charge on any atom is -0.481 e. The third-order valence-corrected chi connectivity index (χ3v) is 2.62. The fourth-order valence-electron chi connectivity index (χ4n) is 1.55. The van der Waals surface area contributed by atoms with Crippen LogP contribution in [0, 0.1) is 0 Å². The number of nitrogens with one attached hydrogen (secondary N) is 2. The maximum Gasteiger partial charge on any atom is 0.407 e. The van der Waals surface area contributed by atoms with Gasteiger partial charge in [0.1, 0.15) is 19.2 Å². The van der Waals surface area contributed by atoms with Gasteiger partial charge in [0.2, 0.25) is 5.91 Å². The fourth-order valence-corrected chi connectivity index (χ4v) is 1.55. The van der Waals surface area contributed by atoms with Crippen molar-refractivity contribution in [3.8, 4) is 0 Å². The molecule has 1 aromatic carbocycles. The van der Waals surface area contributed by atoms with E-state index >= 15 is 0 Å². The maximum atomic E-state index is 11.5. The van der Waals surface area contributed by atoms with Gasteiger partial charge < -0.3 is 25.6 Å². The second kappa shape index (κ2) is 9.03. The molecule has 0 heterocycles. The molecule has 9 nitrogen and oxygen atoms in total. The van der Waals surface area contributed by atoms with E-state index in [2.05, 4.69) is 5.32 Å². The number of hydrogen-bond acceptors (Lipinski definition) is 5. The second-order valence-corrected chi connectivity index (χ2v) is 4.47. The van der Waals surface area contributed by atoms with E-state index in [-0.39, 0.29) is 6.61 Å². The molecule has 0 aromatic heterocycles. The van der Waals surface area contributed by atoms with Crippen molar-refractivity contribution in [2.24, 2.45) is 0 Å². The summed E-state index contributed by atoms with van der Waals surface area (Å²) in [7, 11) is 0. The molecule has 23 heavy (non-hydrogen) atoms. The first-order valence-electron chi connectivity index (χ1n) is 6.57. The van der Waals surface area contributed by atoms with Crippen molar-refractivity contribution in [3.05, 3.63) is 35.9 Å². The largest absolute Gasteiger partial charge is 0.481 e. The van der Waals surface area contributed by atoms with Crippen LogP contribution < -0.4 is 10.6 Å². The fraction of sp³-hybridized carbons (Fsp3) is 0.286. The number of carbonyl (C=O) groups is 4. The number of carbonyl (C=O) groups excluding carboxylic acids is 2. The molecule has 0 fully saturated rings. The van der Waals surface area contributed by atoms with E-state index in [1.807, 2.05) is 11.4 Å². The van der Waals surface area contributed by atoms with Crippen molar-refractivity contribution < 1.29 is 34.1 Å². The van der Waals surface area contributed by atoms with Gasteiger partial charge in [0.05, 0.1) is 6.42 Å². The highest BCUT2D eigenvalue weighted by Gasteiger charge is 2.23. The van der Waals surface area contributed by atoms with Crippen LogP contribution in [0.15, 0.2) is 30.3 Å². The molecule has 0 aliphatic heterocycles. The van der Waals surface area contributed by atoms with Gasteiger partial charge >= 0.3 is 18.0 Å². The average Bonchev–Trinajstić information content (AvgIpc) is 2.50. The van der Waals surface area contributed by atoms with Gasteiger partial charge in [-0.25, -0.2) is 9.59 Å². The highest BCUT2D eigenvalue weighted by molar-refractivity contribution is 5.88. The van der Waals surface area contributed by atoms with Gasteiger partial charge in [0, 0.05) is 0 Å². The van der Waals surface area contributed by atoms with Crippen molar-refractivity contribution >= 4 is 23.9 Å². The van der Waals surface area contributed by atoms with Crippen LogP contribution in [0.2, 0.25) is 0 Å². The van der Waals surface area contributed by atoms with Gasteiger partial charge in [-0.1, -0.05) is 30.3 Å². The number of carboxylic acids is 2. The average molecular weight is 324 g/mol. The van der Waals surface area contributed by atoms with Gasteiger partial charge in [-0.2, -0.15) is 0 Å². The van der Waals surface area contributed by atoms with Crippen LogP contribution in [0.5, 0.6) is 0 Å². The molecule has 124 valence electrons. The molecular weight excluding hydrogens is 308 g/mol. The van der Waals surface area contributed by atoms with E-state index in [9.17, 15) is 19.2 Å². The Balaban J connectivity index is 2.32. The van der Waals surface area contributed by atoms with Crippen molar-refractivity contribution in [1.29, 1.82) is 0 Å². The molecule has 0 bridgehead atoms. The predicted molar refractivity (Wildman–Crippen MR) is 76.4 cm³/mol. The zero-order valence-electron chi connectivity index (χ0n) is 12.0. The van der Waals surface area contributed by atoms with E-state index in [1.165, 1.54) is 0 Å². The van der Waals surface area contributed by atoms with Crippen LogP contribution in [0.25, 0.3) is 0 Å². The lowest BCUT2D eigenvalue weighted by Crippen LogP contribution is -2.46. The number of rotatable bonds is 8. The van der Waals surface area contributed by atoms with Gasteiger partial charge in [-0.05, 0) is 5.56 Å². The molecule has 1 atom stereocenters. The summed E-state index contributed by atoms with van der Waals surface area (Å²) in [6.07, 6.45) is -1.62. The lowest BCUT2D eigenvalue weighted by molar-refractivity contribution is -0.147. The van der Waals surface area contributed by atoms with E-state index in [4.69, 9.17) is 14.9 Å². The maximum absolute atomic E-state index is 11.5. The van der Waals surface area contributed by atoms with Crippen LogP contribution in [-0.2, 0) is 25.7 Å². The molecule has 0 radical (unpaired) electrons. The first-order chi connectivity index (χ1) is 10.9. The van der Waals surface area contributed by atoms with Gasteiger partial charge in [0.25, 0.3) is 0 Å². The van der Waals surface area contributed by atoms with Gasteiger partial charge in [-0.3, -0.25) is 9.59 Å². The van der Waals surface area contributed by atoms with E-state index in [0.717, 1.165) is 5.56 Å². The van der Waals surface area contributed by atoms with Crippen molar-refractivity contribution in [2.75, 3.05) is 6.54 Å². The molecule has 4 N–H and O–H groups in total. The molecule has 2 amide bonds. The minimum absolute atomic E-state index is 0.0189. The second-order valence-electron chi connectivity index (χ2n) is 4.47. The molecule has 0 spiro atoms. The standard InChI is InChI=1S/C14H16N2O7/c17-11(16-10(13(20)21)6-12(18)19)7-15-14(22)23-8-9-4-2-1-3-5-9/h1-5,10H,6-8H2,(H,15,22)(H,16,17)(H,18,19)(H,20,21)/t10-/m0/s1. The molecule has 0 saturated heterocycles. The summed E-state index contributed by atoms with van der Waals surface area (Å²) in [5.74, 6) is -3.68. The molecular formula is C14H16N2O7. The Morgan fingerprint density at radius 2 is 1.74 bits per heavy atom. The third-order valence-electron chi connectivity index (χ3n) is 2.62. The lowest BCUT2D eigenvalue weighted by Gasteiger charge is -2.12. The van der Waals surface area contributed by atoms with Crippen LogP contribution in [0.4, 0.5) is 4.79 Å². The van der Waals surface area contributed by atoms with Crippen molar-refractivity contribution in [1.82, 2.24) is 10.6 Å². The van der Waals surface area contributed by atoms with Crippen LogP contribution >= 0.6 is 0 Å². The summed E-state index contributed by atoms with van der Waals surface area (Å²) >= 11 is 0. The Morgan fingerprint density at radius 3 is 2.30 bits per heavy atom. The number of aliphatic carboxylic acids is 2. The molecule has 1 rings (SSSR count). The molecule has 0 aliphatic rings. The smallest absolute Gasteiger partial charge is 0.407 e. The van der Waals surface area contributed by atoms with E-state index in [0.29, 0.717) is 0 Å². The zero-order chi connectivity index (χ0) is 17.2. The SMILES string of the molecule is O=C(O)C[C@H](NC(=O)CNC(=O)OCc1ccccc1)C(=O)O. The highest BCUT2D eigenvalue weighted by Crippen LogP contribution is 2.00. The van der Waals surface area contributed by atoms with Crippen LogP contribution in [0.1, 0.15) is 12.0 Å². The summed E-state index contributed by atoms with van der Waals surface area (Å²) in [4.78, 5) is 44.1. The zero-order valence-corrected chi connectivity index (χ0v) is 12.0. The van der Waals surface area contributed by atoms with Crippen molar-refractivity contribution in [3.63, 3.8) is 0 Å². The monoisotopic (exact) mass is 324 g/mol. The summed E-state index contributed by atoms with van der Waals surface area (Å²) in [6.45, 7) is -0.512. The Kier molecular flexibility index (Phi) is 7.05. The molecule has 0 aliphatic carbocycles. The van der Waals surface area contributed by atoms with Gasteiger partial charge in [-0.15, -0.1) is 0 Å². The molecule has 9 heteroatoms. The van der Waals surface area contributed by atoms with E-state index < -0.39 is 42.9 Å². The third kappa shape index (κ3) is 7.46. The Labute approximate surface area is 131 Å². The number of hydrogen-bond donors (Lipinski definition) is 4. The number of carboxylic acid groups (broad SMARTS) is 2. The predicted octanol–water partition coefficient (Wildman–Crippen LogP) is -0.0431. The molecule has 0 unspecified atom stereocenters. The number of amides is 2. The summed E-state index contributed by atoms with van der Waals surface area (Å²) in [5.41, 5.74) is 0.763. The Hall–Kier alpha value is -3.10. The number of ether oxygens (including phenoxy) is 1. The first-order valence-corrected chi connectivity index (χ1v) is 6.57. The Morgan fingerprint density at radius 1 is 1.09 bits per heavy atom. The Bertz CT molecular complexity index is 574. The highest BCUT2D eigenvalue weighted by atomic mass is 16.5. The van der Waals surface area contributed by atoms with Gasteiger partial charge in [0.15, 0.2) is 0 Å². The number of alkyl carbamates (subject to hydrolysis) is 1. The lowest BCUT2D eigenvalue weighted by atomic mass is 10.2.